The smallest absolute Gasteiger partial charge is 0.337 e. The number of ketones is 1. The third-order valence-electron chi connectivity index (χ3n) is 2.32. The number of carbonyl (C=O) groups excluding carboxylic acids is 1. The maximum absolute atomic E-state index is 11.1. The van der Waals surface area contributed by atoms with Gasteiger partial charge < -0.3 is 10.1 Å². The molecule has 1 aromatic carbocycles. The van der Waals surface area contributed by atoms with Crippen molar-refractivity contribution in [3.05, 3.63) is 35.5 Å². The quantitative estimate of drug-likeness (QED) is 0.734. The van der Waals surface area contributed by atoms with Gasteiger partial charge in [-0.25, -0.2) is 4.79 Å². The van der Waals surface area contributed by atoms with Gasteiger partial charge in [0.2, 0.25) is 0 Å². The van der Waals surface area contributed by atoms with Gasteiger partial charge in [-0.15, -0.1) is 0 Å². The second-order valence-corrected chi connectivity index (χ2v) is 3.32. The molecular weight excluding hydrogens is 194 g/mol. The van der Waals surface area contributed by atoms with Crippen LogP contribution in [0.3, 0.4) is 0 Å². The standard InChI is InChI=1S/C11H9NO3/c1-6(13)7-2-3-10-8(4-7)9(5-12-10)11(14)15/h2-5,12H,1H3,(H,14,15). The Balaban J connectivity index is 2.72. The summed E-state index contributed by atoms with van der Waals surface area (Å²) >= 11 is 0. The Labute approximate surface area is 85.5 Å². The van der Waals surface area contributed by atoms with Crippen molar-refractivity contribution in [1.82, 2.24) is 4.98 Å². The molecule has 2 rings (SSSR count). The molecule has 0 saturated heterocycles. The number of H-pyrrole nitrogens is 1. The van der Waals surface area contributed by atoms with E-state index >= 15 is 0 Å². The van der Waals surface area contributed by atoms with Gasteiger partial charge in [0.1, 0.15) is 0 Å². The molecule has 0 aliphatic rings. The summed E-state index contributed by atoms with van der Waals surface area (Å²) in [5, 5.41) is 9.46. The van der Waals surface area contributed by atoms with Crippen LogP contribution in [0.25, 0.3) is 10.9 Å². The molecule has 0 amide bonds. The van der Waals surface area contributed by atoms with Gasteiger partial charge in [-0.3, -0.25) is 4.79 Å². The number of hydrogen-bond acceptors (Lipinski definition) is 2. The first-order valence-corrected chi connectivity index (χ1v) is 4.45. The second kappa shape index (κ2) is 3.24. The summed E-state index contributed by atoms with van der Waals surface area (Å²) in [6, 6.07) is 4.98. The van der Waals surface area contributed by atoms with Crippen molar-refractivity contribution in [1.29, 1.82) is 0 Å². The van der Waals surface area contributed by atoms with Crippen LogP contribution in [0.4, 0.5) is 0 Å². The number of carboxylic acids is 1. The van der Waals surface area contributed by atoms with Gasteiger partial charge in [-0.1, -0.05) is 0 Å². The normalized spacial score (nSPS) is 10.5. The lowest BCUT2D eigenvalue weighted by molar-refractivity contribution is 0.0698. The van der Waals surface area contributed by atoms with Crippen molar-refractivity contribution in [3.63, 3.8) is 0 Å². The van der Waals surface area contributed by atoms with Gasteiger partial charge in [-0.2, -0.15) is 0 Å². The van der Waals surface area contributed by atoms with Crippen LogP contribution in [-0.2, 0) is 0 Å². The highest BCUT2D eigenvalue weighted by atomic mass is 16.4. The largest absolute Gasteiger partial charge is 0.478 e. The lowest BCUT2D eigenvalue weighted by atomic mass is 10.1. The molecule has 0 aliphatic carbocycles. The predicted molar refractivity (Wildman–Crippen MR) is 55.3 cm³/mol. The van der Waals surface area contributed by atoms with E-state index in [1.807, 2.05) is 0 Å². The van der Waals surface area contributed by atoms with Crippen molar-refractivity contribution in [2.24, 2.45) is 0 Å². The number of aromatic amines is 1. The number of aromatic nitrogens is 1. The van der Waals surface area contributed by atoms with Gasteiger partial charge in [0.15, 0.2) is 5.78 Å². The predicted octanol–water partition coefficient (Wildman–Crippen LogP) is 2.07. The molecule has 4 heteroatoms. The van der Waals surface area contributed by atoms with Crippen molar-refractivity contribution in [3.8, 4) is 0 Å². The van der Waals surface area contributed by atoms with E-state index in [1.54, 1.807) is 18.2 Å². The number of fused-ring (bicyclic) bond motifs is 1. The molecule has 4 nitrogen and oxygen atoms in total. The molecule has 0 fully saturated rings. The van der Waals surface area contributed by atoms with E-state index in [9.17, 15) is 9.59 Å². The van der Waals surface area contributed by atoms with Gasteiger partial charge >= 0.3 is 5.97 Å². The molecular formula is C11H9NO3. The summed E-state index contributed by atoms with van der Waals surface area (Å²) < 4.78 is 0. The Kier molecular flexibility index (Phi) is 2.04. The summed E-state index contributed by atoms with van der Waals surface area (Å²) in [6.07, 6.45) is 1.43. The SMILES string of the molecule is CC(=O)c1ccc2[nH]cc(C(=O)O)c2c1. The number of nitrogens with one attached hydrogen (secondary N) is 1. The number of hydrogen-bond donors (Lipinski definition) is 2. The van der Waals surface area contributed by atoms with Crippen molar-refractivity contribution in [2.45, 2.75) is 6.92 Å². The number of rotatable bonds is 2. The van der Waals surface area contributed by atoms with Crippen LogP contribution < -0.4 is 0 Å². The van der Waals surface area contributed by atoms with E-state index in [-0.39, 0.29) is 11.3 Å². The molecule has 0 spiro atoms. The van der Waals surface area contributed by atoms with E-state index in [0.29, 0.717) is 10.9 Å². The summed E-state index contributed by atoms with van der Waals surface area (Å²) in [5.41, 5.74) is 1.43. The van der Waals surface area contributed by atoms with Crippen molar-refractivity contribution < 1.29 is 14.7 Å². The number of carbonyl (C=O) groups is 2. The fourth-order valence-electron chi connectivity index (χ4n) is 1.52. The molecule has 2 aromatic rings. The first-order chi connectivity index (χ1) is 7.09. The van der Waals surface area contributed by atoms with E-state index in [0.717, 1.165) is 5.52 Å². The van der Waals surface area contributed by atoms with Crippen LogP contribution in [0.2, 0.25) is 0 Å². The highest BCUT2D eigenvalue weighted by molar-refractivity contribution is 6.06. The fraction of sp³-hybridized carbons (Fsp3) is 0.0909. The van der Waals surface area contributed by atoms with Gasteiger partial charge in [-0.05, 0) is 25.1 Å². The molecule has 15 heavy (non-hydrogen) atoms. The van der Waals surface area contributed by atoms with Gasteiger partial charge in [0, 0.05) is 22.7 Å². The molecule has 1 heterocycles. The first kappa shape index (κ1) is 9.45. The van der Waals surface area contributed by atoms with Crippen LogP contribution in [-0.4, -0.2) is 21.8 Å². The van der Waals surface area contributed by atoms with Crippen LogP contribution in [0.5, 0.6) is 0 Å². The lowest BCUT2D eigenvalue weighted by Gasteiger charge is -1.96. The maximum atomic E-state index is 11.1. The van der Waals surface area contributed by atoms with Crippen LogP contribution >= 0.6 is 0 Å². The maximum Gasteiger partial charge on any atom is 0.337 e. The van der Waals surface area contributed by atoms with E-state index in [4.69, 9.17) is 5.11 Å². The number of benzene rings is 1. The third kappa shape index (κ3) is 1.50. The molecule has 0 aliphatic heterocycles. The Morgan fingerprint density at radius 3 is 2.67 bits per heavy atom. The topological polar surface area (TPSA) is 70.2 Å². The highest BCUT2D eigenvalue weighted by Gasteiger charge is 2.11. The van der Waals surface area contributed by atoms with E-state index in [1.165, 1.54) is 13.1 Å². The highest BCUT2D eigenvalue weighted by Crippen LogP contribution is 2.20. The van der Waals surface area contributed by atoms with Crippen LogP contribution in [0, 0.1) is 0 Å². The monoisotopic (exact) mass is 203 g/mol. The zero-order valence-electron chi connectivity index (χ0n) is 8.07. The Morgan fingerprint density at radius 1 is 1.33 bits per heavy atom. The lowest BCUT2D eigenvalue weighted by Crippen LogP contribution is -1.95. The molecule has 1 aromatic heterocycles. The zero-order chi connectivity index (χ0) is 11.0. The summed E-state index contributed by atoms with van der Waals surface area (Å²) in [4.78, 5) is 24.8. The Hall–Kier alpha value is -2.10. The molecule has 0 radical (unpaired) electrons. The van der Waals surface area contributed by atoms with E-state index < -0.39 is 5.97 Å². The molecule has 0 unspecified atom stereocenters. The first-order valence-electron chi connectivity index (χ1n) is 4.45. The number of aromatic carboxylic acids is 1. The molecule has 0 bridgehead atoms. The molecule has 2 N–H and O–H groups in total. The van der Waals surface area contributed by atoms with Crippen molar-refractivity contribution >= 4 is 22.7 Å². The third-order valence-corrected chi connectivity index (χ3v) is 2.32. The summed E-state index contributed by atoms with van der Waals surface area (Å²) in [5.74, 6) is -1.07. The van der Waals surface area contributed by atoms with E-state index in [2.05, 4.69) is 4.98 Å². The van der Waals surface area contributed by atoms with Crippen molar-refractivity contribution in [2.75, 3.05) is 0 Å². The fourth-order valence-corrected chi connectivity index (χ4v) is 1.52. The number of Topliss-reactive ketones (excluding diaryl/α,β-unsaturated/α-hetero) is 1. The molecule has 0 atom stereocenters. The Bertz CT molecular complexity index is 554. The minimum absolute atomic E-state index is 0.0746. The summed E-state index contributed by atoms with van der Waals surface area (Å²) in [6.45, 7) is 1.45. The average Bonchev–Trinajstić information content (AvgIpc) is 2.59. The Morgan fingerprint density at radius 2 is 2.07 bits per heavy atom. The zero-order valence-corrected chi connectivity index (χ0v) is 8.07. The van der Waals surface area contributed by atoms with Crippen LogP contribution in [0.15, 0.2) is 24.4 Å². The molecule has 76 valence electrons. The minimum Gasteiger partial charge on any atom is -0.478 e. The average molecular weight is 203 g/mol. The minimum atomic E-state index is -0.998. The van der Waals surface area contributed by atoms with Crippen LogP contribution in [0.1, 0.15) is 27.6 Å². The van der Waals surface area contributed by atoms with Gasteiger partial charge in [0.05, 0.1) is 5.56 Å². The molecule has 0 saturated carbocycles. The van der Waals surface area contributed by atoms with Gasteiger partial charge in [0.25, 0.3) is 0 Å². The number of carboxylic acid groups (broad SMARTS) is 1. The second-order valence-electron chi connectivity index (χ2n) is 3.32. The summed E-state index contributed by atoms with van der Waals surface area (Å²) in [7, 11) is 0.